The number of hydrogen-bond donors (Lipinski definition) is 1. The smallest absolute Gasteiger partial charge is 0.120 e. The van der Waals surface area contributed by atoms with Crippen molar-refractivity contribution in [3.8, 4) is 5.75 Å². The van der Waals surface area contributed by atoms with Gasteiger partial charge in [-0.05, 0) is 49.9 Å². The number of methoxy groups -OCH3 is 1. The van der Waals surface area contributed by atoms with Crippen molar-refractivity contribution >= 4 is 11.6 Å². The van der Waals surface area contributed by atoms with E-state index in [2.05, 4.69) is 11.4 Å². The van der Waals surface area contributed by atoms with E-state index < -0.39 is 0 Å². The molecule has 2 rings (SSSR count). The Morgan fingerprint density at radius 2 is 2.29 bits per heavy atom. The van der Waals surface area contributed by atoms with E-state index in [1.807, 2.05) is 12.1 Å². The Kier molecular flexibility index (Phi) is 4.69. The molecule has 17 heavy (non-hydrogen) atoms. The molecule has 1 fully saturated rings. The zero-order chi connectivity index (χ0) is 12.1. The molecule has 1 N–H and O–H groups in total. The fourth-order valence-electron chi connectivity index (χ4n) is 2.36. The highest BCUT2D eigenvalue weighted by atomic mass is 35.5. The Morgan fingerprint density at radius 1 is 1.41 bits per heavy atom. The van der Waals surface area contributed by atoms with Gasteiger partial charge in [0.15, 0.2) is 0 Å². The Balaban J connectivity index is 1.89. The predicted molar refractivity (Wildman–Crippen MR) is 72.0 cm³/mol. The number of ether oxygens (including phenoxy) is 1. The Labute approximate surface area is 108 Å². The standard InChI is InChI=1S/C14H20ClNO/c1-17-13-8-6-11(14(15)10-13)5-7-12-4-2-3-9-16-12/h6,8,10,12,16H,2-5,7,9H2,1H3. The molecule has 1 aromatic carbocycles. The van der Waals surface area contributed by atoms with E-state index in [4.69, 9.17) is 16.3 Å². The predicted octanol–water partition coefficient (Wildman–Crippen LogP) is 3.42. The minimum atomic E-state index is 0.668. The van der Waals surface area contributed by atoms with E-state index in [-0.39, 0.29) is 0 Å². The lowest BCUT2D eigenvalue weighted by Gasteiger charge is -2.23. The summed E-state index contributed by atoms with van der Waals surface area (Å²) in [5.74, 6) is 0.828. The minimum Gasteiger partial charge on any atom is -0.497 e. The van der Waals surface area contributed by atoms with Crippen LogP contribution >= 0.6 is 11.6 Å². The van der Waals surface area contributed by atoms with Crippen molar-refractivity contribution < 1.29 is 4.74 Å². The molecule has 1 unspecified atom stereocenters. The summed E-state index contributed by atoms with van der Waals surface area (Å²) < 4.78 is 5.15. The summed E-state index contributed by atoms with van der Waals surface area (Å²) in [5, 5.41) is 4.38. The third-order valence-electron chi connectivity index (χ3n) is 3.43. The SMILES string of the molecule is COc1ccc(CCC2CCCCN2)c(Cl)c1. The third-order valence-corrected chi connectivity index (χ3v) is 3.79. The molecule has 3 heteroatoms. The first kappa shape index (κ1) is 12.7. The van der Waals surface area contributed by atoms with Gasteiger partial charge in [0.1, 0.15) is 5.75 Å². The number of rotatable bonds is 4. The van der Waals surface area contributed by atoms with Gasteiger partial charge < -0.3 is 10.1 Å². The number of hydrogen-bond acceptors (Lipinski definition) is 2. The van der Waals surface area contributed by atoms with Crippen LogP contribution in [0.1, 0.15) is 31.2 Å². The topological polar surface area (TPSA) is 21.3 Å². The lowest BCUT2D eigenvalue weighted by atomic mass is 9.98. The highest BCUT2D eigenvalue weighted by molar-refractivity contribution is 6.31. The second-order valence-corrected chi connectivity index (χ2v) is 5.05. The lowest BCUT2D eigenvalue weighted by Crippen LogP contribution is -2.34. The molecule has 1 atom stereocenters. The second kappa shape index (κ2) is 6.27. The number of benzene rings is 1. The van der Waals surface area contributed by atoms with E-state index in [1.165, 1.54) is 37.8 Å². The fourth-order valence-corrected chi connectivity index (χ4v) is 2.62. The molecule has 0 aromatic heterocycles. The second-order valence-electron chi connectivity index (χ2n) is 4.64. The average molecular weight is 254 g/mol. The van der Waals surface area contributed by atoms with Gasteiger partial charge in [0.2, 0.25) is 0 Å². The van der Waals surface area contributed by atoms with E-state index in [0.717, 1.165) is 17.2 Å². The van der Waals surface area contributed by atoms with E-state index in [1.54, 1.807) is 7.11 Å². The van der Waals surface area contributed by atoms with Crippen LogP contribution in [0.25, 0.3) is 0 Å². The molecule has 1 aromatic rings. The van der Waals surface area contributed by atoms with Gasteiger partial charge in [-0.2, -0.15) is 0 Å². The van der Waals surface area contributed by atoms with Crippen molar-refractivity contribution in [2.75, 3.05) is 13.7 Å². The highest BCUT2D eigenvalue weighted by Gasteiger charge is 2.13. The monoisotopic (exact) mass is 253 g/mol. The summed E-state index contributed by atoms with van der Waals surface area (Å²) in [6.45, 7) is 1.17. The normalized spacial score (nSPS) is 20.2. The summed E-state index contributed by atoms with van der Waals surface area (Å²) in [5.41, 5.74) is 1.22. The maximum absolute atomic E-state index is 6.23. The van der Waals surface area contributed by atoms with Gasteiger partial charge in [-0.1, -0.05) is 24.1 Å². The lowest BCUT2D eigenvalue weighted by molar-refractivity contribution is 0.382. The minimum absolute atomic E-state index is 0.668. The summed E-state index contributed by atoms with van der Waals surface area (Å²) >= 11 is 6.23. The van der Waals surface area contributed by atoms with Crippen LogP contribution in [0, 0.1) is 0 Å². The molecule has 0 amide bonds. The van der Waals surface area contributed by atoms with Crippen molar-refractivity contribution in [3.63, 3.8) is 0 Å². The Morgan fingerprint density at radius 3 is 2.94 bits per heavy atom. The maximum atomic E-state index is 6.23. The molecule has 0 aliphatic carbocycles. The van der Waals surface area contributed by atoms with Crippen LogP contribution in [0.5, 0.6) is 5.75 Å². The number of nitrogens with one attached hydrogen (secondary N) is 1. The van der Waals surface area contributed by atoms with Crippen molar-refractivity contribution in [1.29, 1.82) is 0 Å². The highest BCUT2D eigenvalue weighted by Crippen LogP contribution is 2.24. The molecule has 2 nitrogen and oxygen atoms in total. The van der Waals surface area contributed by atoms with Crippen molar-refractivity contribution in [2.24, 2.45) is 0 Å². The molecular weight excluding hydrogens is 234 g/mol. The number of halogens is 1. The van der Waals surface area contributed by atoms with Gasteiger partial charge in [-0.25, -0.2) is 0 Å². The van der Waals surface area contributed by atoms with Crippen LogP contribution in [0.2, 0.25) is 5.02 Å². The zero-order valence-electron chi connectivity index (χ0n) is 10.3. The summed E-state index contributed by atoms with van der Waals surface area (Å²) in [7, 11) is 1.66. The van der Waals surface area contributed by atoms with Gasteiger partial charge in [0, 0.05) is 11.1 Å². The van der Waals surface area contributed by atoms with E-state index in [0.29, 0.717) is 6.04 Å². The summed E-state index contributed by atoms with van der Waals surface area (Å²) in [6.07, 6.45) is 6.19. The maximum Gasteiger partial charge on any atom is 0.120 e. The molecular formula is C14H20ClNO. The van der Waals surface area contributed by atoms with Crippen LogP contribution in [0.15, 0.2) is 18.2 Å². The first-order valence-corrected chi connectivity index (χ1v) is 6.73. The van der Waals surface area contributed by atoms with E-state index in [9.17, 15) is 0 Å². The average Bonchev–Trinajstić information content (AvgIpc) is 2.38. The van der Waals surface area contributed by atoms with Gasteiger partial charge in [0.25, 0.3) is 0 Å². The van der Waals surface area contributed by atoms with Crippen molar-refractivity contribution in [2.45, 2.75) is 38.1 Å². The van der Waals surface area contributed by atoms with Crippen LogP contribution < -0.4 is 10.1 Å². The first-order chi connectivity index (χ1) is 8.29. The molecule has 1 aliphatic rings. The van der Waals surface area contributed by atoms with Crippen molar-refractivity contribution in [1.82, 2.24) is 5.32 Å². The van der Waals surface area contributed by atoms with Crippen LogP contribution in [-0.2, 0) is 6.42 Å². The van der Waals surface area contributed by atoms with Gasteiger partial charge in [0.05, 0.1) is 7.11 Å². The molecule has 1 heterocycles. The van der Waals surface area contributed by atoms with Gasteiger partial charge in [-0.15, -0.1) is 0 Å². The van der Waals surface area contributed by atoms with E-state index >= 15 is 0 Å². The van der Waals surface area contributed by atoms with Crippen LogP contribution in [0.3, 0.4) is 0 Å². The molecule has 94 valence electrons. The molecule has 1 saturated heterocycles. The number of aryl methyl sites for hydroxylation is 1. The molecule has 1 aliphatic heterocycles. The largest absolute Gasteiger partial charge is 0.497 e. The fraction of sp³-hybridized carbons (Fsp3) is 0.571. The van der Waals surface area contributed by atoms with Crippen LogP contribution in [-0.4, -0.2) is 19.7 Å². The first-order valence-electron chi connectivity index (χ1n) is 6.35. The quantitative estimate of drug-likeness (QED) is 0.888. The summed E-state index contributed by atoms with van der Waals surface area (Å²) in [4.78, 5) is 0. The van der Waals surface area contributed by atoms with Gasteiger partial charge >= 0.3 is 0 Å². The molecule has 0 saturated carbocycles. The Bertz CT molecular complexity index is 361. The molecule has 0 radical (unpaired) electrons. The molecule has 0 spiro atoms. The number of piperidine rings is 1. The van der Waals surface area contributed by atoms with Gasteiger partial charge in [-0.3, -0.25) is 0 Å². The Hall–Kier alpha value is -0.730. The van der Waals surface area contributed by atoms with Crippen molar-refractivity contribution in [3.05, 3.63) is 28.8 Å². The van der Waals surface area contributed by atoms with Crippen LogP contribution in [0.4, 0.5) is 0 Å². The zero-order valence-corrected chi connectivity index (χ0v) is 11.1. The molecule has 0 bridgehead atoms. The third kappa shape index (κ3) is 3.62. The summed E-state index contributed by atoms with van der Waals surface area (Å²) in [6, 6.07) is 6.62.